The van der Waals surface area contributed by atoms with Crippen LogP contribution in [0.2, 0.25) is 0 Å². The van der Waals surface area contributed by atoms with Crippen LogP contribution in [-0.2, 0) is 25.6 Å². The summed E-state index contributed by atoms with van der Waals surface area (Å²) in [6.45, 7) is 0.525. The van der Waals surface area contributed by atoms with Gasteiger partial charge in [0.25, 0.3) is 0 Å². The van der Waals surface area contributed by atoms with E-state index >= 15 is 0 Å². The van der Waals surface area contributed by atoms with Gasteiger partial charge in [-0.15, -0.1) is 0 Å². The Morgan fingerprint density at radius 2 is 1.57 bits per heavy atom. The number of carbonyl (C=O) groups excluding carboxylic acids is 2. The molecule has 0 bridgehead atoms. The van der Waals surface area contributed by atoms with Crippen molar-refractivity contribution in [3.8, 4) is 0 Å². The Bertz CT molecular complexity index is 473. The first-order valence-corrected chi connectivity index (χ1v) is 9.17. The fraction of sp³-hybridized carbons (Fsp3) is 0.429. The molecule has 0 amide bonds. The first-order valence-electron chi connectivity index (χ1n) is 6.52. The molecule has 0 aromatic heterocycles. The van der Waals surface area contributed by atoms with E-state index in [1.807, 2.05) is 35.2 Å². The topological polar surface area (TPSA) is 55.8 Å². The molecule has 1 aromatic rings. The molecule has 0 N–H and O–H groups in total. The Morgan fingerprint density at radius 3 is 2.05 bits per heavy atom. The fourth-order valence-corrected chi connectivity index (χ4v) is 2.89. The molecular formula is C14H17NO4Se2. The minimum atomic E-state index is -0.377. The molecule has 2 unspecified atom stereocenters. The van der Waals surface area contributed by atoms with Crippen molar-refractivity contribution in [1.82, 2.24) is 4.90 Å². The van der Waals surface area contributed by atoms with Crippen LogP contribution in [0.15, 0.2) is 30.3 Å². The van der Waals surface area contributed by atoms with Gasteiger partial charge in [0.15, 0.2) is 0 Å². The van der Waals surface area contributed by atoms with Crippen LogP contribution < -0.4 is 0 Å². The van der Waals surface area contributed by atoms with Crippen LogP contribution in [0.3, 0.4) is 0 Å². The number of hydrogen-bond donors (Lipinski definition) is 0. The van der Waals surface area contributed by atoms with Crippen LogP contribution in [0.5, 0.6) is 0 Å². The van der Waals surface area contributed by atoms with Crippen LogP contribution in [-0.4, -0.2) is 72.0 Å². The molecule has 0 spiro atoms. The van der Waals surface area contributed by atoms with E-state index in [1.54, 1.807) is 0 Å². The van der Waals surface area contributed by atoms with Crippen molar-refractivity contribution in [1.29, 1.82) is 0 Å². The van der Waals surface area contributed by atoms with E-state index in [4.69, 9.17) is 9.47 Å². The van der Waals surface area contributed by atoms with Gasteiger partial charge < -0.3 is 0 Å². The maximum absolute atomic E-state index is 11.9. The number of esters is 2. The average molecular weight is 421 g/mol. The van der Waals surface area contributed by atoms with Crippen molar-refractivity contribution in [3.05, 3.63) is 35.9 Å². The number of hydrogen-bond acceptors (Lipinski definition) is 5. The van der Waals surface area contributed by atoms with E-state index in [0.29, 0.717) is 13.0 Å². The summed E-state index contributed by atoms with van der Waals surface area (Å²) in [5.41, 5.74) is 1.61. The van der Waals surface area contributed by atoms with Gasteiger partial charge in [-0.3, -0.25) is 0 Å². The predicted molar refractivity (Wildman–Crippen MR) is 80.4 cm³/mol. The number of benzene rings is 1. The third-order valence-corrected chi connectivity index (χ3v) is 3.95. The molecule has 7 heteroatoms. The summed E-state index contributed by atoms with van der Waals surface area (Å²) in [7, 11) is 0. The molecule has 0 radical (unpaired) electrons. The monoisotopic (exact) mass is 423 g/mol. The van der Waals surface area contributed by atoms with E-state index < -0.39 is 0 Å². The Balaban J connectivity index is 2.07. The van der Waals surface area contributed by atoms with Crippen molar-refractivity contribution < 1.29 is 19.1 Å². The number of ether oxygens (including phenoxy) is 2. The molecule has 2 atom stereocenters. The van der Waals surface area contributed by atoms with E-state index in [2.05, 4.69) is 32.0 Å². The van der Waals surface area contributed by atoms with Crippen molar-refractivity contribution in [2.24, 2.45) is 0 Å². The van der Waals surface area contributed by atoms with Crippen LogP contribution in [0.4, 0.5) is 0 Å². The minimum absolute atomic E-state index is 0.281. The molecule has 1 aliphatic heterocycles. The summed E-state index contributed by atoms with van der Waals surface area (Å²) >= 11 is 4.42. The first-order chi connectivity index (χ1) is 10.2. The van der Waals surface area contributed by atoms with Crippen molar-refractivity contribution >= 4 is 44.0 Å². The normalized spacial score (nSPS) is 21.4. The van der Waals surface area contributed by atoms with Gasteiger partial charge in [-0.25, -0.2) is 0 Å². The van der Waals surface area contributed by atoms with Gasteiger partial charge in [0.2, 0.25) is 0 Å². The van der Waals surface area contributed by atoms with Crippen molar-refractivity contribution in [2.45, 2.75) is 25.0 Å². The number of carbonyl (C=O) groups is 2. The number of likely N-dealkylation sites (tertiary alicyclic amines) is 1. The summed E-state index contributed by atoms with van der Waals surface area (Å²) in [6.07, 6.45) is 0.449. The Kier molecular flexibility index (Phi) is 6.27. The fourth-order valence-electron chi connectivity index (χ4n) is 2.36. The third kappa shape index (κ3) is 4.09. The molecule has 2 rings (SSSR count). The second kappa shape index (κ2) is 7.97. The van der Waals surface area contributed by atoms with E-state index in [1.165, 1.54) is 0 Å². The SMILES string of the molecule is O=C(OC[SeH])C1CC(C(=O)OC[SeH])N1Cc1ccccc1. The standard InChI is InChI=1S/C14H17NO4Se2/c16-13(18-8-20)11-6-12(14(17)19-9-21)15(11)7-10-4-2-1-3-5-10/h1-5,11-12,20-21H,6-9H2. The van der Waals surface area contributed by atoms with Gasteiger partial charge in [-0.1, -0.05) is 0 Å². The molecule has 1 saturated heterocycles. The summed E-state index contributed by atoms with van der Waals surface area (Å²) in [5, 5.41) is 0. The predicted octanol–water partition coefficient (Wildman–Crippen LogP) is -0.567. The zero-order chi connectivity index (χ0) is 15.2. The maximum atomic E-state index is 11.9. The average Bonchev–Trinajstić information content (AvgIpc) is 2.45. The summed E-state index contributed by atoms with van der Waals surface area (Å²) < 4.78 is 10.1. The number of nitrogens with zero attached hydrogens (tertiary/aromatic N) is 1. The Hall–Kier alpha value is -0.841. The van der Waals surface area contributed by atoms with Gasteiger partial charge in [-0.05, 0) is 0 Å². The van der Waals surface area contributed by atoms with E-state index in [9.17, 15) is 9.59 Å². The molecule has 0 saturated carbocycles. The zero-order valence-electron chi connectivity index (χ0n) is 11.3. The van der Waals surface area contributed by atoms with Gasteiger partial charge in [0.1, 0.15) is 0 Å². The molecule has 5 nitrogen and oxygen atoms in total. The molecule has 1 aromatic carbocycles. The van der Waals surface area contributed by atoms with Crippen LogP contribution in [0, 0.1) is 0 Å². The molecule has 1 heterocycles. The zero-order valence-corrected chi connectivity index (χ0v) is 15.1. The second-order valence-electron chi connectivity index (χ2n) is 4.61. The summed E-state index contributed by atoms with van der Waals surface area (Å²) in [5.74, 6) is -0.578. The van der Waals surface area contributed by atoms with Crippen molar-refractivity contribution in [2.75, 3.05) is 11.0 Å². The van der Waals surface area contributed by atoms with Gasteiger partial charge in [0, 0.05) is 0 Å². The molecule has 21 heavy (non-hydrogen) atoms. The van der Waals surface area contributed by atoms with Crippen LogP contribution in [0.25, 0.3) is 0 Å². The summed E-state index contributed by atoms with van der Waals surface area (Å²) in [6, 6.07) is 8.98. The Morgan fingerprint density at radius 1 is 1.05 bits per heavy atom. The quantitative estimate of drug-likeness (QED) is 0.455. The first kappa shape index (κ1) is 16.5. The van der Waals surface area contributed by atoms with E-state index in [-0.39, 0.29) is 35.0 Å². The molecule has 1 aliphatic rings. The van der Waals surface area contributed by atoms with Gasteiger partial charge >= 0.3 is 140 Å². The van der Waals surface area contributed by atoms with E-state index in [0.717, 1.165) is 5.56 Å². The van der Waals surface area contributed by atoms with Crippen molar-refractivity contribution in [3.63, 3.8) is 0 Å². The van der Waals surface area contributed by atoms with Crippen LogP contribution in [0.1, 0.15) is 12.0 Å². The molecular weight excluding hydrogens is 404 g/mol. The molecule has 0 aliphatic carbocycles. The molecule has 114 valence electrons. The molecule has 1 fully saturated rings. The Labute approximate surface area is 140 Å². The number of rotatable bonds is 6. The van der Waals surface area contributed by atoms with Gasteiger partial charge in [0.05, 0.1) is 0 Å². The van der Waals surface area contributed by atoms with Crippen LogP contribution >= 0.6 is 0 Å². The third-order valence-electron chi connectivity index (χ3n) is 3.41. The second-order valence-corrected chi connectivity index (χ2v) is 5.69. The summed E-state index contributed by atoms with van der Waals surface area (Å²) in [4.78, 5) is 25.7. The van der Waals surface area contributed by atoms with Gasteiger partial charge in [-0.2, -0.15) is 0 Å².